The van der Waals surface area contributed by atoms with Crippen LogP contribution in [0.4, 0.5) is 0 Å². The summed E-state index contributed by atoms with van der Waals surface area (Å²) < 4.78 is 0. The first-order valence-electron chi connectivity index (χ1n) is 11.5. The van der Waals surface area contributed by atoms with Crippen molar-refractivity contribution in [2.75, 3.05) is 0 Å². The predicted molar refractivity (Wildman–Crippen MR) is 122 cm³/mol. The molecule has 0 heteroatoms. The number of hydrogen-bond acceptors (Lipinski definition) is 0. The Morgan fingerprint density at radius 3 is 2.00 bits per heavy atom. The molecule has 0 atom stereocenters. The molecule has 0 heterocycles. The van der Waals surface area contributed by atoms with Gasteiger partial charge in [0, 0.05) is 11.5 Å². The first kappa shape index (κ1) is 20.7. The van der Waals surface area contributed by atoms with Crippen molar-refractivity contribution in [1.82, 2.24) is 0 Å². The van der Waals surface area contributed by atoms with E-state index in [1.807, 2.05) is 0 Å². The summed E-state index contributed by atoms with van der Waals surface area (Å²) in [6.07, 6.45) is 13.2. The Morgan fingerprint density at radius 2 is 1.39 bits per heavy atom. The highest BCUT2D eigenvalue weighted by molar-refractivity contribution is 5.64. The minimum Gasteiger partial charge on any atom is -0.0945 e. The fraction of sp³-hybridized carbons (Fsp3) is 0.500. The van der Waals surface area contributed by atoms with Crippen molar-refractivity contribution >= 4 is 0 Å². The fourth-order valence-corrected chi connectivity index (χ4v) is 4.38. The van der Waals surface area contributed by atoms with E-state index in [-0.39, 0.29) is 0 Å². The van der Waals surface area contributed by atoms with Gasteiger partial charge in [0.2, 0.25) is 0 Å². The normalized spacial score (nSPS) is 19.1. The maximum absolute atomic E-state index is 3.54. The monoisotopic (exact) mass is 372 g/mol. The van der Waals surface area contributed by atoms with Crippen LogP contribution < -0.4 is 0 Å². The van der Waals surface area contributed by atoms with Crippen molar-refractivity contribution in [3.05, 3.63) is 59.7 Å². The van der Waals surface area contributed by atoms with Gasteiger partial charge in [-0.05, 0) is 73.3 Å². The van der Waals surface area contributed by atoms with Crippen LogP contribution in [0.2, 0.25) is 0 Å². The minimum atomic E-state index is 0.605. The van der Waals surface area contributed by atoms with Gasteiger partial charge in [0.1, 0.15) is 0 Å². The van der Waals surface area contributed by atoms with Crippen LogP contribution in [0.5, 0.6) is 0 Å². The number of aryl methyl sites for hydroxylation is 1. The molecule has 148 valence electrons. The second kappa shape index (κ2) is 11.1. The van der Waals surface area contributed by atoms with E-state index in [2.05, 4.69) is 74.2 Å². The van der Waals surface area contributed by atoms with Crippen molar-refractivity contribution in [2.24, 2.45) is 11.8 Å². The lowest BCUT2D eigenvalue weighted by molar-refractivity contribution is 0.300. The van der Waals surface area contributed by atoms with Crippen molar-refractivity contribution in [2.45, 2.75) is 78.1 Å². The van der Waals surface area contributed by atoms with Gasteiger partial charge in [-0.2, -0.15) is 0 Å². The highest BCUT2D eigenvalue weighted by atomic mass is 14.2. The first-order valence-corrected chi connectivity index (χ1v) is 11.5. The molecule has 1 saturated carbocycles. The lowest BCUT2D eigenvalue weighted by Crippen LogP contribution is -2.13. The Labute approximate surface area is 172 Å². The van der Waals surface area contributed by atoms with Crippen LogP contribution in [0.1, 0.15) is 82.8 Å². The van der Waals surface area contributed by atoms with Crippen LogP contribution in [0.25, 0.3) is 11.1 Å². The zero-order chi connectivity index (χ0) is 19.6. The third-order valence-electron chi connectivity index (χ3n) is 6.21. The average molecular weight is 373 g/mol. The van der Waals surface area contributed by atoms with Crippen LogP contribution >= 0.6 is 0 Å². The molecule has 0 N–H and O–H groups in total. The molecule has 0 amide bonds. The van der Waals surface area contributed by atoms with Crippen molar-refractivity contribution < 1.29 is 0 Å². The third kappa shape index (κ3) is 6.27. The summed E-state index contributed by atoms with van der Waals surface area (Å²) in [5.41, 5.74) is 5.18. The van der Waals surface area contributed by atoms with E-state index in [1.54, 1.807) is 0 Å². The summed E-state index contributed by atoms with van der Waals surface area (Å²) in [5.74, 6) is 8.53. The lowest BCUT2D eigenvalue weighted by atomic mass is 9.80. The predicted octanol–water partition coefficient (Wildman–Crippen LogP) is 8.04. The summed E-state index contributed by atoms with van der Waals surface area (Å²) in [7, 11) is 0. The maximum atomic E-state index is 3.54. The Hall–Kier alpha value is -2.00. The molecule has 0 aliphatic heterocycles. The van der Waals surface area contributed by atoms with E-state index in [9.17, 15) is 0 Å². The average Bonchev–Trinajstić information content (AvgIpc) is 2.75. The molecule has 0 bridgehead atoms. The minimum absolute atomic E-state index is 0.605. The van der Waals surface area contributed by atoms with Crippen molar-refractivity contribution in [1.29, 1.82) is 0 Å². The van der Waals surface area contributed by atoms with Crippen LogP contribution in [0.3, 0.4) is 0 Å². The van der Waals surface area contributed by atoms with Crippen LogP contribution in [-0.4, -0.2) is 0 Å². The van der Waals surface area contributed by atoms with E-state index in [1.165, 1.54) is 80.9 Å². The van der Waals surface area contributed by atoms with Gasteiger partial charge in [-0.1, -0.05) is 87.8 Å². The molecular weight excluding hydrogens is 336 g/mol. The Morgan fingerprint density at radius 1 is 0.750 bits per heavy atom. The molecule has 0 saturated heterocycles. The molecule has 0 nitrogen and oxygen atoms in total. The van der Waals surface area contributed by atoms with E-state index in [4.69, 9.17) is 0 Å². The molecule has 0 unspecified atom stereocenters. The topological polar surface area (TPSA) is 0 Å². The number of unbranched alkanes of at least 4 members (excludes halogenated alkanes) is 2. The quantitative estimate of drug-likeness (QED) is 0.341. The molecule has 2 aromatic carbocycles. The molecule has 3 rings (SSSR count). The van der Waals surface area contributed by atoms with E-state index in [0.29, 0.717) is 5.92 Å². The van der Waals surface area contributed by atoms with Gasteiger partial charge in [0.15, 0.2) is 0 Å². The molecule has 0 aromatic heterocycles. The summed E-state index contributed by atoms with van der Waals surface area (Å²) >= 11 is 0. The highest BCUT2D eigenvalue weighted by Crippen LogP contribution is 2.31. The summed E-state index contributed by atoms with van der Waals surface area (Å²) in [6.45, 7) is 4.56. The standard InChI is InChI=1S/C28H36/c1-3-5-6-8-24-15-19-27(20-16-24)28-21-17-26(18-22-28)14-13-25-11-9-23(7-4-2)10-12-25/h15-23,25H,3-12H2,1-2H3. The highest BCUT2D eigenvalue weighted by Gasteiger charge is 2.18. The molecule has 1 aliphatic carbocycles. The van der Waals surface area contributed by atoms with Crippen LogP contribution in [-0.2, 0) is 6.42 Å². The number of benzene rings is 2. The van der Waals surface area contributed by atoms with Crippen molar-refractivity contribution in [3.8, 4) is 23.0 Å². The Bertz CT molecular complexity index is 746. The second-order valence-corrected chi connectivity index (χ2v) is 8.51. The third-order valence-corrected chi connectivity index (χ3v) is 6.21. The Kier molecular flexibility index (Phi) is 8.23. The number of hydrogen-bond donors (Lipinski definition) is 0. The van der Waals surface area contributed by atoms with E-state index < -0.39 is 0 Å². The smallest absolute Gasteiger partial charge is 0.0245 e. The zero-order valence-corrected chi connectivity index (χ0v) is 17.8. The van der Waals surface area contributed by atoms with Crippen molar-refractivity contribution in [3.63, 3.8) is 0 Å². The van der Waals surface area contributed by atoms with Gasteiger partial charge in [-0.25, -0.2) is 0 Å². The van der Waals surface area contributed by atoms with E-state index >= 15 is 0 Å². The van der Waals surface area contributed by atoms with Gasteiger partial charge in [0.05, 0.1) is 0 Å². The SMILES string of the molecule is CCCCCc1ccc(-c2ccc(C#CC3CCC(CCC)CC3)cc2)cc1. The van der Waals surface area contributed by atoms with Gasteiger partial charge in [-0.15, -0.1) is 0 Å². The molecule has 1 aliphatic rings. The Balaban J connectivity index is 1.54. The van der Waals surface area contributed by atoms with Gasteiger partial charge in [-0.3, -0.25) is 0 Å². The number of rotatable bonds is 7. The van der Waals surface area contributed by atoms with Gasteiger partial charge in [0.25, 0.3) is 0 Å². The molecular formula is C28H36. The summed E-state index contributed by atoms with van der Waals surface area (Å²) in [4.78, 5) is 0. The molecule has 1 fully saturated rings. The second-order valence-electron chi connectivity index (χ2n) is 8.51. The maximum Gasteiger partial charge on any atom is 0.0245 e. The molecule has 0 spiro atoms. The summed E-state index contributed by atoms with van der Waals surface area (Å²) in [6, 6.07) is 17.9. The summed E-state index contributed by atoms with van der Waals surface area (Å²) in [5, 5.41) is 0. The molecule has 28 heavy (non-hydrogen) atoms. The van der Waals surface area contributed by atoms with E-state index in [0.717, 1.165) is 11.5 Å². The zero-order valence-electron chi connectivity index (χ0n) is 17.8. The fourth-order valence-electron chi connectivity index (χ4n) is 4.38. The van der Waals surface area contributed by atoms with Crippen LogP contribution in [0.15, 0.2) is 48.5 Å². The largest absolute Gasteiger partial charge is 0.0945 e. The lowest BCUT2D eigenvalue weighted by Gasteiger charge is -2.25. The van der Waals surface area contributed by atoms with Gasteiger partial charge >= 0.3 is 0 Å². The first-order chi connectivity index (χ1) is 13.8. The molecule has 0 radical (unpaired) electrons. The van der Waals surface area contributed by atoms with Crippen LogP contribution in [0, 0.1) is 23.7 Å². The van der Waals surface area contributed by atoms with Gasteiger partial charge < -0.3 is 0 Å². The molecule has 2 aromatic rings.